The first-order chi connectivity index (χ1) is 11.1. The molecule has 4 rings (SSSR count). The number of halogens is 1. The molecule has 7 nitrogen and oxygen atoms in total. The molecule has 0 aliphatic heterocycles. The fraction of sp³-hybridized carbons (Fsp3) is 0.0667. The quantitative estimate of drug-likeness (QED) is 0.586. The molecule has 0 aromatic carbocycles. The Bertz CT molecular complexity index is 1000. The van der Waals surface area contributed by atoms with Gasteiger partial charge in [0.1, 0.15) is 5.82 Å². The van der Waals surface area contributed by atoms with E-state index in [2.05, 4.69) is 31.1 Å². The Balaban J connectivity index is 2.01. The van der Waals surface area contributed by atoms with Crippen molar-refractivity contribution < 1.29 is 0 Å². The second-order valence-electron chi connectivity index (χ2n) is 5.10. The van der Waals surface area contributed by atoms with E-state index in [-0.39, 0.29) is 0 Å². The Hall–Kier alpha value is -2.74. The molecule has 4 aromatic heterocycles. The van der Waals surface area contributed by atoms with Crippen LogP contribution in [0.1, 0.15) is 0 Å². The molecule has 0 bridgehead atoms. The van der Waals surface area contributed by atoms with Crippen LogP contribution in [0.2, 0.25) is 0 Å². The second-order valence-corrected chi connectivity index (χ2v) is 5.89. The Morgan fingerprint density at radius 3 is 2.70 bits per heavy atom. The van der Waals surface area contributed by atoms with E-state index in [0.29, 0.717) is 15.9 Å². The first-order valence-corrected chi connectivity index (χ1v) is 7.66. The Kier molecular flexibility index (Phi) is 3.12. The summed E-state index contributed by atoms with van der Waals surface area (Å²) in [7, 11) is 1.87. The number of aromatic nitrogens is 6. The summed E-state index contributed by atoms with van der Waals surface area (Å²) >= 11 is 3.52. The third kappa shape index (κ3) is 2.18. The fourth-order valence-corrected chi connectivity index (χ4v) is 2.94. The first kappa shape index (κ1) is 13.9. The highest BCUT2D eigenvalue weighted by Crippen LogP contribution is 2.34. The molecule has 0 fully saturated rings. The molecule has 0 spiro atoms. The highest BCUT2D eigenvalue weighted by Gasteiger charge is 2.17. The highest BCUT2D eigenvalue weighted by atomic mass is 79.9. The summed E-state index contributed by atoms with van der Waals surface area (Å²) in [5.74, 6) is 0.490. The zero-order chi connectivity index (χ0) is 16.0. The lowest BCUT2D eigenvalue weighted by atomic mass is 10.2. The minimum Gasteiger partial charge on any atom is -0.383 e. The topological polar surface area (TPSA) is 86.9 Å². The van der Waals surface area contributed by atoms with Gasteiger partial charge in [-0.2, -0.15) is 14.7 Å². The third-order valence-corrected chi connectivity index (χ3v) is 4.36. The van der Waals surface area contributed by atoms with E-state index in [1.165, 1.54) is 0 Å². The summed E-state index contributed by atoms with van der Waals surface area (Å²) in [5, 5.41) is 8.55. The van der Waals surface area contributed by atoms with Crippen LogP contribution in [0, 0.1) is 0 Å². The Morgan fingerprint density at radius 1 is 1.13 bits per heavy atom. The third-order valence-electron chi connectivity index (χ3n) is 3.57. The van der Waals surface area contributed by atoms with Crippen LogP contribution >= 0.6 is 15.9 Å². The van der Waals surface area contributed by atoms with Crippen molar-refractivity contribution in [2.75, 3.05) is 5.73 Å². The van der Waals surface area contributed by atoms with Crippen molar-refractivity contribution in [3.8, 4) is 22.4 Å². The average Bonchev–Trinajstić information content (AvgIpc) is 3.17. The van der Waals surface area contributed by atoms with E-state index in [0.717, 1.165) is 22.4 Å². The number of nitrogens with zero attached hydrogens (tertiary/aromatic N) is 6. The summed E-state index contributed by atoms with van der Waals surface area (Å²) < 4.78 is 4.05. The van der Waals surface area contributed by atoms with Gasteiger partial charge in [0.05, 0.1) is 22.6 Å². The molecule has 23 heavy (non-hydrogen) atoms. The lowest BCUT2D eigenvalue weighted by Crippen LogP contribution is -2.03. The maximum atomic E-state index is 6.23. The van der Waals surface area contributed by atoms with Gasteiger partial charge in [-0.05, 0) is 28.1 Å². The summed E-state index contributed by atoms with van der Waals surface area (Å²) in [4.78, 5) is 8.89. The lowest BCUT2D eigenvalue weighted by Gasteiger charge is -2.08. The Morgan fingerprint density at radius 2 is 2.00 bits per heavy atom. The van der Waals surface area contributed by atoms with Gasteiger partial charge in [0.15, 0.2) is 5.65 Å². The molecule has 0 atom stereocenters. The van der Waals surface area contributed by atoms with Crippen LogP contribution < -0.4 is 5.73 Å². The van der Waals surface area contributed by atoms with Gasteiger partial charge in [0, 0.05) is 42.3 Å². The van der Waals surface area contributed by atoms with Crippen molar-refractivity contribution in [2.45, 2.75) is 0 Å². The van der Waals surface area contributed by atoms with Crippen LogP contribution in [0.25, 0.3) is 28.0 Å². The predicted octanol–water partition coefficient (Wildman–Crippen LogP) is 2.54. The molecule has 0 unspecified atom stereocenters. The van der Waals surface area contributed by atoms with E-state index >= 15 is 0 Å². The normalized spacial score (nSPS) is 11.2. The minimum atomic E-state index is 0.490. The standard InChI is InChI=1S/C15H12BrN7/c1-22-8-10(6-19-22)11-7-20-23-14(17)12(16)13(21-15(11)23)9-3-2-4-18-5-9/h2-8H,17H2,1H3. The SMILES string of the molecule is Cn1cc(-c2cnn3c(N)c(Br)c(-c4cccnc4)nc23)cn1. The monoisotopic (exact) mass is 369 g/mol. The molecule has 2 N–H and O–H groups in total. The summed E-state index contributed by atoms with van der Waals surface area (Å²) in [6.07, 6.45) is 8.92. The van der Waals surface area contributed by atoms with Crippen molar-refractivity contribution in [3.63, 3.8) is 0 Å². The zero-order valence-electron chi connectivity index (χ0n) is 12.2. The van der Waals surface area contributed by atoms with Gasteiger partial charge in [-0.3, -0.25) is 9.67 Å². The molecule has 0 aliphatic carbocycles. The number of pyridine rings is 1. The van der Waals surface area contributed by atoms with Gasteiger partial charge in [0.2, 0.25) is 0 Å². The zero-order valence-corrected chi connectivity index (χ0v) is 13.8. The van der Waals surface area contributed by atoms with Crippen LogP contribution in [-0.2, 0) is 7.05 Å². The molecule has 0 amide bonds. The molecule has 0 aliphatic rings. The van der Waals surface area contributed by atoms with Crippen LogP contribution in [0.5, 0.6) is 0 Å². The number of fused-ring (bicyclic) bond motifs is 1. The molecule has 114 valence electrons. The van der Waals surface area contributed by atoms with Crippen LogP contribution in [0.4, 0.5) is 5.82 Å². The predicted molar refractivity (Wildman–Crippen MR) is 90.5 cm³/mol. The maximum absolute atomic E-state index is 6.23. The minimum absolute atomic E-state index is 0.490. The van der Waals surface area contributed by atoms with Gasteiger partial charge < -0.3 is 5.73 Å². The molecule has 0 saturated carbocycles. The molecular formula is C15H12BrN7. The van der Waals surface area contributed by atoms with E-state index < -0.39 is 0 Å². The number of anilines is 1. The number of nitrogen functional groups attached to an aromatic ring is 1. The average molecular weight is 370 g/mol. The molecular weight excluding hydrogens is 358 g/mol. The number of rotatable bonds is 2. The number of hydrogen-bond acceptors (Lipinski definition) is 5. The van der Waals surface area contributed by atoms with Crippen molar-refractivity contribution >= 4 is 27.4 Å². The van der Waals surface area contributed by atoms with Crippen LogP contribution in [0.15, 0.2) is 47.6 Å². The van der Waals surface area contributed by atoms with Gasteiger partial charge >= 0.3 is 0 Å². The molecule has 8 heteroatoms. The van der Waals surface area contributed by atoms with Gasteiger partial charge in [0.25, 0.3) is 0 Å². The summed E-state index contributed by atoms with van der Waals surface area (Å²) in [5.41, 5.74) is 10.3. The second kappa shape index (κ2) is 5.17. The first-order valence-electron chi connectivity index (χ1n) is 6.87. The van der Waals surface area contributed by atoms with Crippen LogP contribution in [-0.4, -0.2) is 29.4 Å². The fourth-order valence-electron chi connectivity index (χ4n) is 2.45. The molecule has 4 aromatic rings. The highest BCUT2D eigenvalue weighted by molar-refractivity contribution is 9.10. The lowest BCUT2D eigenvalue weighted by molar-refractivity contribution is 0.768. The number of nitrogens with two attached hydrogens (primary N) is 1. The van der Waals surface area contributed by atoms with E-state index in [1.807, 2.05) is 25.4 Å². The van der Waals surface area contributed by atoms with Gasteiger partial charge in [-0.1, -0.05) is 0 Å². The van der Waals surface area contributed by atoms with Gasteiger partial charge in [-0.25, -0.2) is 4.98 Å². The molecule has 0 radical (unpaired) electrons. The molecule has 4 heterocycles. The largest absolute Gasteiger partial charge is 0.383 e. The van der Waals surface area contributed by atoms with E-state index in [1.54, 1.807) is 34.0 Å². The molecule has 0 saturated heterocycles. The number of hydrogen-bond donors (Lipinski definition) is 1. The maximum Gasteiger partial charge on any atom is 0.166 e. The smallest absolute Gasteiger partial charge is 0.166 e. The Labute approximate surface area is 139 Å². The van der Waals surface area contributed by atoms with Crippen molar-refractivity contribution in [3.05, 3.63) is 47.6 Å². The van der Waals surface area contributed by atoms with Crippen molar-refractivity contribution in [1.82, 2.24) is 29.4 Å². The van der Waals surface area contributed by atoms with E-state index in [4.69, 9.17) is 10.7 Å². The van der Waals surface area contributed by atoms with Crippen molar-refractivity contribution in [2.24, 2.45) is 7.05 Å². The van der Waals surface area contributed by atoms with E-state index in [9.17, 15) is 0 Å². The number of aryl methyl sites for hydroxylation is 1. The van der Waals surface area contributed by atoms with Gasteiger partial charge in [-0.15, -0.1) is 0 Å². The van der Waals surface area contributed by atoms with Crippen molar-refractivity contribution in [1.29, 1.82) is 0 Å². The van der Waals surface area contributed by atoms with Crippen LogP contribution in [0.3, 0.4) is 0 Å². The summed E-state index contributed by atoms with van der Waals surface area (Å²) in [6, 6.07) is 3.80. The summed E-state index contributed by atoms with van der Waals surface area (Å²) in [6.45, 7) is 0.